The first-order valence-electron chi connectivity index (χ1n) is 3.68. The number of carboxylic acid groups (broad SMARTS) is 1. The standard InChI is InChI=1S/C7H14O4/c1-3-6(4-2)10-5-11-7(8)9/h6H,3-5H2,1-2H3,(H,8,9). The van der Waals surface area contributed by atoms with Crippen molar-refractivity contribution >= 4 is 6.16 Å². The maximum atomic E-state index is 9.86. The zero-order valence-electron chi connectivity index (χ0n) is 6.87. The molecule has 0 unspecified atom stereocenters. The normalized spacial score (nSPS) is 10.1. The van der Waals surface area contributed by atoms with E-state index in [1.807, 2.05) is 13.8 Å². The SMILES string of the molecule is CCC(CC)OCOC(=O)O. The van der Waals surface area contributed by atoms with Gasteiger partial charge in [0.2, 0.25) is 0 Å². The van der Waals surface area contributed by atoms with Crippen LogP contribution in [0.4, 0.5) is 4.79 Å². The maximum Gasteiger partial charge on any atom is 0.507 e. The van der Waals surface area contributed by atoms with Gasteiger partial charge in [-0.15, -0.1) is 0 Å². The fourth-order valence-electron chi connectivity index (χ4n) is 0.705. The highest BCUT2D eigenvalue weighted by Gasteiger charge is 2.03. The van der Waals surface area contributed by atoms with Gasteiger partial charge in [-0.1, -0.05) is 13.8 Å². The number of hydrogen-bond donors (Lipinski definition) is 1. The molecule has 66 valence electrons. The first-order chi connectivity index (χ1) is 5.20. The molecule has 0 radical (unpaired) electrons. The molecule has 0 saturated carbocycles. The third kappa shape index (κ3) is 5.66. The Balaban J connectivity index is 3.28. The predicted octanol–water partition coefficient (Wildman–Crippen LogP) is 1.84. The van der Waals surface area contributed by atoms with Crippen molar-refractivity contribution in [3.8, 4) is 0 Å². The summed E-state index contributed by atoms with van der Waals surface area (Å²) in [6.07, 6.45) is 0.559. The largest absolute Gasteiger partial charge is 0.507 e. The molecule has 0 aromatic heterocycles. The van der Waals surface area contributed by atoms with E-state index in [-0.39, 0.29) is 12.9 Å². The number of ether oxygens (including phenoxy) is 2. The van der Waals surface area contributed by atoms with Crippen molar-refractivity contribution in [3.05, 3.63) is 0 Å². The molecule has 0 atom stereocenters. The van der Waals surface area contributed by atoms with Crippen LogP contribution in [0.1, 0.15) is 26.7 Å². The van der Waals surface area contributed by atoms with Gasteiger partial charge in [0, 0.05) is 0 Å². The van der Waals surface area contributed by atoms with Crippen LogP contribution in [0.25, 0.3) is 0 Å². The molecule has 0 rings (SSSR count). The third-order valence-corrected chi connectivity index (χ3v) is 1.40. The van der Waals surface area contributed by atoms with E-state index in [0.29, 0.717) is 0 Å². The molecule has 0 fully saturated rings. The van der Waals surface area contributed by atoms with Gasteiger partial charge >= 0.3 is 6.16 Å². The van der Waals surface area contributed by atoms with Crippen LogP contribution in [0.2, 0.25) is 0 Å². The van der Waals surface area contributed by atoms with E-state index in [0.717, 1.165) is 12.8 Å². The summed E-state index contributed by atoms with van der Waals surface area (Å²) in [6, 6.07) is 0. The van der Waals surface area contributed by atoms with Crippen molar-refractivity contribution in [2.24, 2.45) is 0 Å². The lowest BCUT2D eigenvalue weighted by Gasteiger charge is -2.12. The highest BCUT2D eigenvalue weighted by atomic mass is 16.7. The minimum atomic E-state index is -1.30. The number of rotatable bonds is 5. The Bertz CT molecular complexity index is 109. The monoisotopic (exact) mass is 162 g/mol. The Hall–Kier alpha value is -0.770. The van der Waals surface area contributed by atoms with Crippen molar-refractivity contribution in [1.82, 2.24) is 0 Å². The topological polar surface area (TPSA) is 55.8 Å². The lowest BCUT2D eigenvalue weighted by atomic mass is 10.2. The summed E-state index contributed by atoms with van der Waals surface area (Å²) >= 11 is 0. The summed E-state index contributed by atoms with van der Waals surface area (Å²) in [6.45, 7) is 3.80. The van der Waals surface area contributed by atoms with Gasteiger partial charge in [-0.3, -0.25) is 0 Å². The summed E-state index contributed by atoms with van der Waals surface area (Å²) in [4.78, 5) is 9.86. The Morgan fingerprint density at radius 1 is 1.45 bits per heavy atom. The molecule has 0 saturated heterocycles. The van der Waals surface area contributed by atoms with E-state index in [9.17, 15) is 4.79 Å². The number of hydrogen-bond acceptors (Lipinski definition) is 3. The summed E-state index contributed by atoms with van der Waals surface area (Å²) in [5, 5.41) is 8.07. The van der Waals surface area contributed by atoms with E-state index in [2.05, 4.69) is 4.74 Å². The van der Waals surface area contributed by atoms with Gasteiger partial charge < -0.3 is 14.6 Å². The van der Waals surface area contributed by atoms with Gasteiger partial charge in [-0.05, 0) is 12.8 Å². The molecule has 0 amide bonds. The van der Waals surface area contributed by atoms with Crippen LogP contribution in [0.15, 0.2) is 0 Å². The molecule has 0 heterocycles. The van der Waals surface area contributed by atoms with Crippen molar-refractivity contribution < 1.29 is 19.4 Å². The molecule has 4 heteroatoms. The molecular weight excluding hydrogens is 148 g/mol. The second kappa shape index (κ2) is 5.97. The van der Waals surface area contributed by atoms with E-state index in [1.54, 1.807) is 0 Å². The van der Waals surface area contributed by atoms with E-state index in [1.165, 1.54) is 0 Å². The van der Waals surface area contributed by atoms with Gasteiger partial charge in [0.05, 0.1) is 6.10 Å². The highest BCUT2D eigenvalue weighted by molar-refractivity contribution is 5.56. The Morgan fingerprint density at radius 3 is 2.36 bits per heavy atom. The van der Waals surface area contributed by atoms with Crippen LogP contribution >= 0.6 is 0 Å². The van der Waals surface area contributed by atoms with Crippen molar-refractivity contribution in [3.63, 3.8) is 0 Å². The van der Waals surface area contributed by atoms with Crippen molar-refractivity contribution in [2.75, 3.05) is 6.79 Å². The molecule has 0 aliphatic rings. The quantitative estimate of drug-likeness (QED) is 0.495. The van der Waals surface area contributed by atoms with Crippen molar-refractivity contribution in [2.45, 2.75) is 32.8 Å². The van der Waals surface area contributed by atoms with Crippen molar-refractivity contribution in [1.29, 1.82) is 0 Å². The Morgan fingerprint density at radius 2 is 2.00 bits per heavy atom. The molecule has 0 aromatic rings. The van der Waals surface area contributed by atoms with E-state index < -0.39 is 6.16 Å². The molecule has 0 bridgehead atoms. The fraction of sp³-hybridized carbons (Fsp3) is 0.857. The average Bonchev–Trinajstić information content (AvgIpc) is 1.98. The summed E-state index contributed by atoms with van der Waals surface area (Å²) < 4.78 is 9.22. The second-order valence-electron chi connectivity index (χ2n) is 2.13. The van der Waals surface area contributed by atoms with Gasteiger partial charge in [0.25, 0.3) is 0 Å². The molecule has 0 aliphatic heterocycles. The minimum Gasteiger partial charge on any atom is -0.450 e. The number of carbonyl (C=O) groups is 1. The molecule has 4 nitrogen and oxygen atoms in total. The minimum absolute atomic E-state index is 0.106. The van der Waals surface area contributed by atoms with Crippen LogP contribution in [-0.2, 0) is 9.47 Å². The molecule has 0 aliphatic carbocycles. The Kier molecular flexibility index (Phi) is 5.56. The van der Waals surface area contributed by atoms with Crippen LogP contribution < -0.4 is 0 Å². The molecule has 1 N–H and O–H groups in total. The zero-order chi connectivity index (χ0) is 8.69. The zero-order valence-corrected chi connectivity index (χ0v) is 6.87. The van der Waals surface area contributed by atoms with E-state index in [4.69, 9.17) is 9.84 Å². The van der Waals surface area contributed by atoms with Gasteiger partial charge in [-0.25, -0.2) is 4.79 Å². The fourth-order valence-corrected chi connectivity index (χ4v) is 0.705. The van der Waals surface area contributed by atoms with Crippen LogP contribution in [-0.4, -0.2) is 24.2 Å². The van der Waals surface area contributed by atoms with Gasteiger partial charge in [-0.2, -0.15) is 0 Å². The van der Waals surface area contributed by atoms with Gasteiger partial charge in [0.15, 0.2) is 6.79 Å². The summed E-state index contributed by atoms with van der Waals surface area (Å²) in [7, 11) is 0. The average molecular weight is 162 g/mol. The predicted molar refractivity (Wildman–Crippen MR) is 39.4 cm³/mol. The lowest BCUT2D eigenvalue weighted by molar-refractivity contribution is -0.0712. The first kappa shape index (κ1) is 10.2. The summed E-state index contributed by atoms with van der Waals surface area (Å²) in [5.41, 5.74) is 0. The van der Waals surface area contributed by atoms with Crippen LogP contribution in [0, 0.1) is 0 Å². The van der Waals surface area contributed by atoms with Gasteiger partial charge in [0.1, 0.15) is 0 Å². The lowest BCUT2D eigenvalue weighted by Crippen LogP contribution is -2.14. The Labute approximate surface area is 66.1 Å². The van der Waals surface area contributed by atoms with Crippen LogP contribution in [0.3, 0.4) is 0 Å². The first-order valence-corrected chi connectivity index (χ1v) is 3.68. The smallest absolute Gasteiger partial charge is 0.450 e. The highest BCUT2D eigenvalue weighted by Crippen LogP contribution is 2.01. The molecule has 0 spiro atoms. The molecule has 11 heavy (non-hydrogen) atoms. The van der Waals surface area contributed by atoms with Crippen LogP contribution in [0.5, 0.6) is 0 Å². The maximum absolute atomic E-state index is 9.86. The third-order valence-electron chi connectivity index (χ3n) is 1.40. The second-order valence-corrected chi connectivity index (χ2v) is 2.13. The van der Waals surface area contributed by atoms with E-state index >= 15 is 0 Å². The molecule has 0 aromatic carbocycles. The summed E-state index contributed by atoms with van der Waals surface area (Å²) in [5.74, 6) is 0. The molecular formula is C7H14O4.